The van der Waals surface area contributed by atoms with Crippen LogP contribution in [-0.2, 0) is 16.0 Å². The van der Waals surface area contributed by atoms with Gasteiger partial charge < -0.3 is 4.74 Å². The van der Waals surface area contributed by atoms with Gasteiger partial charge in [-0.25, -0.2) is 4.98 Å². The molecular weight excluding hydrogens is 404 g/mol. The minimum absolute atomic E-state index is 0.130. The summed E-state index contributed by atoms with van der Waals surface area (Å²) in [5, 5.41) is 0.948. The van der Waals surface area contributed by atoms with Crippen molar-refractivity contribution in [3.05, 3.63) is 68.7 Å². The van der Waals surface area contributed by atoms with Crippen LogP contribution < -0.4 is 5.56 Å². The van der Waals surface area contributed by atoms with Crippen molar-refractivity contribution in [2.45, 2.75) is 39.0 Å². The number of fused-ring (bicyclic) bond motifs is 4. The molecule has 4 rings (SSSR count). The number of aromatic nitrogens is 2. The second kappa shape index (κ2) is 8.40. The van der Waals surface area contributed by atoms with E-state index in [1.165, 1.54) is 11.5 Å². The summed E-state index contributed by atoms with van der Waals surface area (Å²) < 4.78 is 6.31. The highest BCUT2D eigenvalue weighted by Crippen LogP contribution is 2.28. The van der Waals surface area contributed by atoms with E-state index in [9.17, 15) is 14.4 Å². The van der Waals surface area contributed by atoms with Gasteiger partial charge >= 0.3 is 5.97 Å². The zero-order chi connectivity index (χ0) is 21.3. The molecule has 0 radical (unpaired) electrons. The molecule has 0 N–H and O–H groups in total. The Bertz CT molecular complexity index is 1220. The Kier molecular flexibility index (Phi) is 5.68. The van der Waals surface area contributed by atoms with Gasteiger partial charge in [0.25, 0.3) is 5.56 Å². The Morgan fingerprint density at radius 3 is 2.67 bits per heavy atom. The third kappa shape index (κ3) is 3.87. The van der Waals surface area contributed by atoms with Crippen molar-refractivity contribution in [1.82, 2.24) is 9.55 Å². The third-order valence-electron chi connectivity index (χ3n) is 5.24. The van der Waals surface area contributed by atoms with E-state index in [0.717, 1.165) is 37.7 Å². The number of nitrogens with zero attached hydrogens (tertiary/aromatic N) is 2. The van der Waals surface area contributed by atoms with Crippen molar-refractivity contribution in [1.29, 1.82) is 0 Å². The zero-order valence-corrected chi connectivity index (χ0v) is 17.4. The molecule has 154 valence electrons. The summed E-state index contributed by atoms with van der Waals surface area (Å²) in [6.07, 6.45) is 4.68. The number of hydrogen-bond acceptors (Lipinski definition) is 5. The lowest BCUT2D eigenvalue weighted by atomic mass is 10.0. The topological polar surface area (TPSA) is 78.3 Å². The molecule has 7 heteroatoms. The molecule has 0 fully saturated rings. The van der Waals surface area contributed by atoms with E-state index in [2.05, 4.69) is 4.98 Å². The molecule has 0 saturated carbocycles. The molecule has 1 aliphatic heterocycles. The first-order chi connectivity index (χ1) is 14.5. The highest BCUT2D eigenvalue weighted by Gasteiger charge is 2.30. The molecule has 2 heterocycles. The highest BCUT2D eigenvalue weighted by molar-refractivity contribution is 6.31. The van der Waals surface area contributed by atoms with Gasteiger partial charge in [-0.3, -0.25) is 19.0 Å². The summed E-state index contributed by atoms with van der Waals surface area (Å²) >= 11 is 6.02. The molecule has 0 unspecified atom stereocenters. The van der Waals surface area contributed by atoms with Crippen LogP contribution in [0, 0.1) is 0 Å². The molecule has 0 saturated heterocycles. The predicted octanol–water partition coefficient (Wildman–Crippen LogP) is 4.25. The molecule has 3 aromatic rings. The summed E-state index contributed by atoms with van der Waals surface area (Å²) in [4.78, 5) is 41.0. The molecule has 0 spiro atoms. The maximum Gasteiger partial charge on any atom is 0.302 e. The smallest absolute Gasteiger partial charge is 0.302 e. The summed E-state index contributed by atoms with van der Waals surface area (Å²) in [5.74, 6) is -0.403. The van der Waals surface area contributed by atoms with Crippen LogP contribution >= 0.6 is 11.6 Å². The molecular formula is C23H21ClN2O4. The van der Waals surface area contributed by atoms with Gasteiger partial charge in [0.1, 0.15) is 0 Å². The largest absolute Gasteiger partial charge is 0.466 e. The number of rotatable bonds is 7. The second-order valence-corrected chi connectivity index (χ2v) is 7.86. The van der Waals surface area contributed by atoms with E-state index in [1.807, 2.05) is 12.1 Å². The van der Waals surface area contributed by atoms with Crippen LogP contribution in [0.15, 0.2) is 41.2 Å². The number of hydrogen-bond donors (Lipinski definition) is 0. The number of benzene rings is 2. The number of esters is 1. The molecule has 0 atom stereocenters. The van der Waals surface area contributed by atoms with Gasteiger partial charge in [-0.05, 0) is 55.2 Å². The lowest BCUT2D eigenvalue weighted by Crippen LogP contribution is -2.21. The number of carbonyl (C=O) groups excluding carboxylic acids is 2. The number of ether oxygens (including phenoxy) is 1. The number of aryl methyl sites for hydroxylation is 1. The van der Waals surface area contributed by atoms with Gasteiger partial charge in [0.2, 0.25) is 5.78 Å². The quantitative estimate of drug-likeness (QED) is 0.327. The highest BCUT2D eigenvalue weighted by atomic mass is 35.5. The summed E-state index contributed by atoms with van der Waals surface area (Å²) in [6.45, 7) is 1.88. The molecule has 0 amide bonds. The maximum absolute atomic E-state index is 13.2. The summed E-state index contributed by atoms with van der Waals surface area (Å²) in [5.41, 5.74) is 2.26. The Hall–Kier alpha value is -2.99. The molecule has 6 nitrogen and oxygen atoms in total. The van der Waals surface area contributed by atoms with Crippen LogP contribution in [0.5, 0.6) is 0 Å². The predicted molar refractivity (Wildman–Crippen MR) is 115 cm³/mol. The van der Waals surface area contributed by atoms with Crippen LogP contribution in [-0.4, -0.2) is 27.9 Å². The first-order valence-electron chi connectivity index (χ1n) is 9.99. The third-order valence-corrected chi connectivity index (χ3v) is 5.48. The van der Waals surface area contributed by atoms with Crippen molar-refractivity contribution in [3.8, 4) is 5.69 Å². The van der Waals surface area contributed by atoms with Gasteiger partial charge in [0.05, 0.1) is 28.8 Å². The normalized spacial score (nSPS) is 12.1. The maximum atomic E-state index is 13.2. The molecule has 30 heavy (non-hydrogen) atoms. The van der Waals surface area contributed by atoms with Crippen molar-refractivity contribution >= 4 is 34.3 Å². The van der Waals surface area contributed by atoms with Gasteiger partial charge in [-0.15, -0.1) is 0 Å². The number of ketones is 1. The molecule has 0 bridgehead atoms. The standard InChI is InChI=1S/C23H21ClN2O4/c1-14(27)30-11-5-3-2-4-6-15-7-9-19-17(12-15)23(29)26-20-10-8-16(24)13-18(20)21(28)22(26)25-19/h7-10,12-13H,2-6,11H2,1H3. The minimum Gasteiger partial charge on any atom is -0.466 e. The fourth-order valence-electron chi connectivity index (χ4n) is 3.77. The van der Waals surface area contributed by atoms with Crippen LogP contribution in [0.1, 0.15) is 54.4 Å². The fourth-order valence-corrected chi connectivity index (χ4v) is 3.94. The first kappa shape index (κ1) is 20.3. The average molecular weight is 425 g/mol. The van der Waals surface area contributed by atoms with Gasteiger partial charge in [-0.2, -0.15) is 0 Å². The Morgan fingerprint density at radius 2 is 1.87 bits per heavy atom. The molecule has 0 aliphatic carbocycles. The van der Waals surface area contributed by atoms with Gasteiger partial charge in [-0.1, -0.05) is 30.5 Å². The first-order valence-corrected chi connectivity index (χ1v) is 10.4. The van der Waals surface area contributed by atoms with Crippen LogP contribution in [0.4, 0.5) is 0 Å². The summed E-state index contributed by atoms with van der Waals surface area (Å²) in [6, 6.07) is 10.5. The van der Waals surface area contributed by atoms with Crippen LogP contribution in [0.25, 0.3) is 16.6 Å². The Balaban J connectivity index is 1.53. The Labute approximate surface area is 178 Å². The van der Waals surface area contributed by atoms with Crippen molar-refractivity contribution in [3.63, 3.8) is 0 Å². The average Bonchev–Trinajstić information content (AvgIpc) is 2.99. The van der Waals surface area contributed by atoms with Gasteiger partial charge in [0.15, 0.2) is 5.82 Å². The monoisotopic (exact) mass is 424 g/mol. The second-order valence-electron chi connectivity index (χ2n) is 7.42. The van der Waals surface area contributed by atoms with E-state index in [0.29, 0.717) is 33.8 Å². The summed E-state index contributed by atoms with van der Waals surface area (Å²) in [7, 11) is 0. The number of halogens is 1. The number of unbranched alkanes of at least 4 members (excludes halogenated alkanes) is 3. The zero-order valence-electron chi connectivity index (χ0n) is 16.6. The fraction of sp³-hybridized carbons (Fsp3) is 0.304. The van der Waals surface area contributed by atoms with Crippen LogP contribution in [0.3, 0.4) is 0 Å². The lowest BCUT2D eigenvalue weighted by Gasteiger charge is -2.08. The van der Waals surface area contributed by atoms with E-state index in [-0.39, 0.29) is 23.1 Å². The van der Waals surface area contributed by atoms with E-state index < -0.39 is 0 Å². The van der Waals surface area contributed by atoms with E-state index in [1.54, 1.807) is 24.3 Å². The van der Waals surface area contributed by atoms with Gasteiger partial charge in [0, 0.05) is 11.9 Å². The van der Waals surface area contributed by atoms with Crippen molar-refractivity contribution in [2.75, 3.05) is 6.61 Å². The Morgan fingerprint density at radius 1 is 1.07 bits per heavy atom. The van der Waals surface area contributed by atoms with E-state index >= 15 is 0 Å². The molecule has 1 aromatic heterocycles. The van der Waals surface area contributed by atoms with Crippen molar-refractivity contribution in [2.24, 2.45) is 0 Å². The molecule has 1 aliphatic rings. The SMILES string of the molecule is CC(=O)OCCCCCCc1ccc2nc3n(c(=O)c2c1)-c1ccc(Cl)cc1C3=O. The lowest BCUT2D eigenvalue weighted by molar-refractivity contribution is -0.141. The van der Waals surface area contributed by atoms with E-state index in [4.69, 9.17) is 16.3 Å². The molecule has 2 aromatic carbocycles. The number of carbonyl (C=O) groups is 2. The van der Waals surface area contributed by atoms with Crippen molar-refractivity contribution < 1.29 is 14.3 Å². The van der Waals surface area contributed by atoms with Crippen LogP contribution in [0.2, 0.25) is 5.02 Å². The minimum atomic E-state index is -0.288.